The van der Waals surface area contributed by atoms with Crippen LogP contribution in [0.4, 0.5) is 34.5 Å². The molecule has 2 aliphatic rings. The summed E-state index contributed by atoms with van der Waals surface area (Å²) in [5.41, 5.74) is 4.92. The minimum absolute atomic E-state index is 0.187. The summed E-state index contributed by atoms with van der Waals surface area (Å²) in [7, 11) is 3.82. The van der Waals surface area contributed by atoms with Crippen LogP contribution in [0.5, 0.6) is 5.75 Å². The maximum atomic E-state index is 13.1. The molecule has 0 atom stereocenters. The summed E-state index contributed by atoms with van der Waals surface area (Å²) in [6.45, 7) is 4.56. The van der Waals surface area contributed by atoms with E-state index in [-0.39, 0.29) is 5.91 Å². The Morgan fingerprint density at radius 3 is 2.54 bits per heavy atom. The molecule has 9 heteroatoms. The number of hydrogen-bond acceptors (Lipinski definition) is 8. The first-order valence-corrected chi connectivity index (χ1v) is 13.1. The van der Waals surface area contributed by atoms with Crippen molar-refractivity contribution in [3.63, 3.8) is 0 Å². The highest BCUT2D eigenvalue weighted by Gasteiger charge is 2.27. The van der Waals surface area contributed by atoms with E-state index in [9.17, 15) is 4.79 Å². The molecule has 0 bridgehead atoms. The number of amides is 1. The predicted octanol–water partition coefficient (Wildman–Crippen LogP) is 4.88. The van der Waals surface area contributed by atoms with Gasteiger partial charge in [-0.2, -0.15) is 4.98 Å². The average Bonchev–Trinajstić information content (AvgIpc) is 3.08. The van der Waals surface area contributed by atoms with E-state index < -0.39 is 0 Å². The number of nitrogens with one attached hydrogen (secondary N) is 2. The highest BCUT2D eigenvalue weighted by molar-refractivity contribution is 6.12. The van der Waals surface area contributed by atoms with Crippen molar-refractivity contribution in [2.24, 2.45) is 0 Å². The number of anilines is 6. The smallest absolute Gasteiger partial charge is 0.257 e. The van der Waals surface area contributed by atoms with Crippen molar-refractivity contribution in [3.8, 4) is 5.75 Å². The van der Waals surface area contributed by atoms with Gasteiger partial charge in [-0.05, 0) is 36.9 Å². The number of methoxy groups -OCH3 is 1. The van der Waals surface area contributed by atoms with Crippen LogP contribution in [0.15, 0.2) is 79.0 Å². The van der Waals surface area contributed by atoms with Crippen LogP contribution in [-0.2, 0) is 6.54 Å². The van der Waals surface area contributed by atoms with Gasteiger partial charge in [0.1, 0.15) is 11.4 Å². The topological polar surface area (TPSA) is 85.9 Å². The van der Waals surface area contributed by atoms with E-state index in [1.807, 2.05) is 48.5 Å². The van der Waals surface area contributed by atoms with Crippen molar-refractivity contribution in [1.82, 2.24) is 14.9 Å². The van der Waals surface area contributed by atoms with Crippen molar-refractivity contribution in [2.45, 2.75) is 6.54 Å². The molecule has 0 saturated carbocycles. The Morgan fingerprint density at radius 2 is 1.74 bits per heavy atom. The molecule has 3 heterocycles. The standard InChI is InChI=1S/C30H31N7O2/c1-35-14-16-36(17-15-35)22-12-13-24(27(18-22)39-2)33-30-31-19-25-28(34-30)37(20-21-8-4-3-5-9-21)26-11-7-6-10-23(26)29(38)32-25/h3-13,18-19H,14-17,20H2,1-2H3,(H,32,38)(H,31,33,34). The third-order valence-electron chi connectivity index (χ3n) is 7.20. The molecule has 9 nitrogen and oxygen atoms in total. The second-order valence-electron chi connectivity index (χ2n) is 9.77. The van der Waals surface area contributed by atoms with Crippen LogP contribution in [0.2, 0.25) is 0 Å². The molecule has 2 N–H and O–H groups in total. The van der Waals surface area contributed by atoms with Crippen molar-refractivity contribution < 1.29 is 9.53 Å². The Hall–Kier alpha value is -4.63. The predicted molar refractivity (Wildman–Crippen MR) is 155 cm³/mol. The molecule has 0 spiro atoms. The average molecular weight is 522 g/mol. The molecule has 6 rings (SSSR count). The highest BCUT2D eigenvalue weighted by Crippen LogP contribution is 2.39. The fourth-order valence-corrected chi connectivity index (χ4v) is 5.02. The summed E-state index contributed by atoms with van der Waals surface area (Å²) in [6.07, 6.45) is 1.65. The first-order valence-electron chi connectivity index (χ1n) is 13.1. The van der Waals surface area contributed by atoms with Crippen molar-refractivity contribution >= 4 is 40.4 Å². The van der Waals surface area contributed by atoms with E-state index in [1.54, 1.807) is 13.3 Å². The number of benzene rings is 3. The molecule has 1 saturated heterocycles. The molecule has 0 aliphatic carbocycles. The maximum absolute atomic E-state index is 13.1. The monoisotopic (exact) mass is 521 g/mol. The van der Waals surface area contributed by atoms with E-state index in [0.717, 1.165) is 48.8 Å². The lowest BCUT2D eigenvalue weighted by Crippen LogP contribution is -2.44. The largest absolute Gasteiger partial charge is 0.494 e. The molecule has 1 amide bonds. The van der Waals surface area contributed by atoms with Crippen molar-refractivity contribution in [3.05, 3.63) is 90.1 Å². The first-order chi connectivity index (χ1) is 19.1. The first kappa shape index (κ1) is 24.7. The summed E-state index contributed by atoms with van der Waals surface area (Å²) in [6, 6.07) is 23.9. The molecule has 1 fully saturated rings. The van der Waals surface area contributed by atoms with E-state index in [1.165, 1.54) is 0 Å². The van der Waals surface area contributed by atoms with Gasteiger partial charge in [-0.25, -0.2) is 4.98 Å². The summed E-state index contributed by atoms with van der Waals surface area (Å²) in [4.78, 5) is 29.3. The van der Waals surface area contributed by atoms with Crippen LogP contribution in [0.1, 0.15) is 15.9 Å². The zero-order chi connectivity index (χ0) is 26.8. The van der Waals surface area contributed by atoms with Crippen LogP contribution in [-0.4, -0.2) is 61.1 Å². The number of carbonyl (C=O) groups excluding carboxylic acids is 1. The van der Waals surface area contributed by atoms with Gasteiger partial charge < -0.3 is 30.1 Å². The second-order valence-corrected chi connectivity index (χ2v) is 9.77. The SMILES string of the molecule is COc1cc(N2CCN(C)CC2)ccc1Nc1ncc2c(n1)N(Cc1ccccc1)c1ccccc1C(=O)N2. The number of likely N-dealkylation sites (N-methyl/N-ethyl adjacent to an activating group) is 1. The van der Waals surface area contributed by atoms with Gasteiger partial charge in [0.25, 0.3) is 5.91 Å². The van der Waals surface area contributed by atoms with Gasteiger partial charge in [0.05, 0.1) is 30.2 Å². The number of nitrogens with zero attached hydrogens (tertiary/aromatic N) is 5. The molecule has 0 radical (unpaired) electrons. The number of carbonyl (C=O) groups is 1. The Morgan fingerprint density at radius 1 is 0.974 bits per heavy atom. The Labute approximate surface area is 228 Å². The zero-order valence-electron chi connectivity index (χ0n) is 22.1. The van der Waals surface area contributed by atoms with E-state index in [2.05, 4.69) is 61.6 Å². The Bertz CT molecular complexity index is 1490. The van der Waals surface area contributed by atoms with Gasteiger partial charge in [0, 0.05) is 44.5 Å². The van der Waals surface area contributed by atoms with Crippen LogP contribution < -0.4 is 25.2 Å². The van der Waals surface area contributed by atoms with Crippen LogP contribution in [0, 0.1) is 0 Å². The number of fused-ring (bicyclic) bond motifs is 2. The van der Waals surface area contributed by atoms with Crippen LogP contribution in [0.3, 0.4) is 0 Å². The van der Waals surface area contributed by atoms with E-state index in [0.29, 0.717) is 35.3 Å². The second kappa shape index (κ2) is 10.6. The third-order valence-corrected chi connectivity index (χ3v) is 7.20. The van der Waals surface area contributed by atoms with Crippen molar-refractivity contribution in [2.75, 3.05) is 60.8 Å². The third kappa shape index (κ3) is 5.08. The zero-order valence-corrected chi connectivity index (χ0v) is 22.1. The van der Waals surface area contributed by atoms with Gasteiger partial charge in [-0.15, -0.1) is 0 Å². The Balaban J connectivity index is 1.34. The number of piperazine rings is 1. The fraction of sp³-hybridized carbons (Fsp3) is 0.233. The quantitative estimate of drug-likeness (QED) is 0.371. The molecular formula is C30H31N7O2. The number of aromatic nitrogens is 2. The van der Waals surface area contributed by atoms with E-state index >= 15 is 0 Å². The number of para-hydroxylation sites is 1. The van der Waals surface area contributed by atoms with Crippen LogP contribution in [0.25, 0.3) is 0 Å². The van der Waals surface area contributed by atoms with E-state index in [4.69, 9.17) is 9.72 Å². The molecule has 2 aliphatic heterocycles. The van der Waals surface area contributed by atoms with Crippen molar-refractivity contribution in [1.29, 1.82) is 0 Å². The summed E-state index contributed by atoms with van der Waals surface area (Å²) in [5.74, 6) is 1.55. The summed E-state index contributed by atoms with van der Waals surface area (Å²) >= 11 is 0. The summed E-state index contributed by atoms with van der Waals surface area (Å²) in [5, 5.41) is 6.33. The highest BCUT2D eigenvalue weighted by atomic mass is 16.5. The molecule has 0 unspecified atom stereocenters. The van der Waals surface area contributed by atoms with Gasteiger partial charge in [-0.1, -0.05) is 42.5 Å². The lowest BCUT2D eigenvalue weighted by atomic mass is 10.1. The Kier molecular flexibility index (Phi) is 6.73. The lowest BCUT2D eigenvalue weighted by Gasteiger charge is -2.34. The number of hydrogen-bond donors (Lipinski definition) is 2. The van der Waals surface area contributed by atoms with Gasteiger partial charge in [-0.3, -0.25) is 4.79 Å². The normalized spacial score (nSPS) is 15.2. The summed E-state index contributed by atoms with van der Waals surface area (Å²) < 4.78 is 5.74. The lowest BCUT2D eigenvalue weighted by molar-refractivity contribution is 0.102. The molecule has 198 valence electrons. The maximum Gasteiger partial charge on any atom is 0.257 e. The number of rotatable bonds is 6. The molecule has 39 heavy (non-hydrogen) atoms. The van der Waals surface area contributed by atoms with Gasteiger partial charge >= 0.3 is 0 Å². The minimum Gasteiger partial charge on any atom is -0.494 e. The van der Waals surface area contributed by atoms with Gasteiger partial charge in [0.15, 0.2) is 5.82 Å². The molecule has 4 aromatic rings. The molecular weight excluding hydrogens is 490 g/mol. The van der Waals surface area contributed by atoms with Gasteiger partial charge in [0.2, 0.25) is 5.95 Å². The minimum atomic E-state index is -0.187. The van der Waals surface area contributed by atoms with Crippen LogP contribution >= 0.6 is 0 Å². The molecule has 3 aromatic carbocycles. The fourth-order valence-electron chi connectivity index (χ4n) is 5.02. The molecule has 1 aromatic heterocycles. The number of ether oxygens (including phenoxy) is 1.